The molecule has 1 heterocycles. The van der Waals surface area contributed by atoms with Gasteiger partial charge in [0.15, 0.2) is 0 Å². The van der Waals surface area contributed by atoms with Crippen LogP contribution in [0.2, 0.25) is 0 Å². The molecule has 1 atom stereocenters. The predicted molar refractivity (Wildman–Crippen MR) is 106 cm³/mol. The molecule has 2 amide bonds. The van der Waals surface area contributed by atoms with Crippen LogP contribution in [0.15, 0.2) is 48.5 Å². The Balaban J connectivity index is 1.29. The van der Waals surface area contributed by atoms with E-state index >= 15 is 0 Å². The van der Waals surface area contributed by atoms with Crippen molar-refractivity contribution in [3.05, 3.63) is 59.7 Å². The summed E-state index contributed by atoms with van der Waals surface area (Å²) in [6, 6.07) is 14.3. The molecule has 1 saturated heterocycles. The Hall–Kier alpha value is -2.86. The number of carbonyl (C=O) groups excluding carboxylic acids is 2. The normalized spacial score (nSPS) is 18.5. The van der Waals surface area contributed by atoms with Gasteiger partial charge in [-0.15, -0.1) is 0 Å². The molecule has 146 valence electrons. The minimum atomic E-state index is -0.208. The van der Waals surface area contributed by atoms with Crippen LogP contribution < -0.4 is 15.4 Å². The molecule has 1 saturated carbocycles. The van der Waals surface area contributed by atoms with Gasteiger partial charge in [-0.3, -0.25) is 9.59 Å². The highest BCUT2D eigenvalue weighted by molar-refractivity contribution is 6.04. The number of amides is 2. The Morgan fingerprint density at radius 3 is 2.25 bits per heavy atom. The number of benzene rings is 2. The van der Waals surface area contributed by atoms with Crippen molar-refractivity contribution in [2.24, 2.45) is 0 Å². The highest BCUT2D eigenvalue weighted by Crippen LogP contribution is 2.20. The number of anilines is 1. The van der Waals surface area contributed by atoms with Crippen molar-refractivity contribution in [1.82, 2.24) is 5.32 Å². The molecule has 2 aromatic rings. The first kappa shape index (κ1) is 18.5. The zero-order valence-electron chi connectivity index (χ0n) is 15.6. The van der Waals surface area contributed by atoms with E-state index in [9.17, 15) is 9.59 Å². The lowest BCUT2D eigenvalue weighted by molar-refractivity contribution is 0.0679. The van der Waals surface area contributed by atoms with E-state index in [1.165, 1.54) is 0 Å². The van der Waals surface area contributed by atoms with Crippen LogP contribution in [0, 0.1) is 0 Å². The van der Waals surface area contributed by atoms with E-state index in [1.807, 2.05) is 0 Å². The van der Waals surface area contributed by atoms with Crippen LogP contribution in [0.1, 0.15) is 46.4 Å². The molecule has 6 heteroatoms. The molecule has 2 N–H and O–H groups in total. The second-order valence-corrected chi connectivity index (χ2v) is 7.25. The van der Waals surface area contributed by atoms with E-state index in [4.69, 9.17) is 9.47 Å². The summed E-state index contributed by atoms with van der Waals surface area (Å²) in [6.45, 7) is 1.34. The Kier molecular flexibility index (Phi) is 5.58. The van der Waals surface area contributed by atoms with Crippen LogP contribution in [0.3, 0.4) is 0 Å². The van der Waals surface area contributed by atoms with Gasteiger partial charge in [0.2, 0.25) is 0 Å². The maximum Gasteiger partial charge on any atom is 0.255 e. The second kappa shape index (κ2) is 8.44. The van der Waals surface area contributed by atoms with Crippen LogP contribution in [0.4, 0.5) is 5.69 Å². The van der Waals surface area contributed by atoms with Crippen molar-refractivity contribution < 1.29 is 19.1 Å². The van der Waals surface area contributed by atoms with Gasteiger partial charge in [-0.1, -0.05) is 0 Å². The van der Waals surface area contributed by atoms with Crippen LogP contribution in [0.25, 0.3) is 0 Å². The fraction of sp³-hybridized carbons (Fsp3) is 0.364. The van der Waals surface area contributed by atoms with Gasteiger partial charge in [0.25, 0.3) is 11.8 Å². The van der Waals surface area contributed by atoms with Crippen molar-refractivity contribution in [3.63, 3.8) is 0 Å². The fourth-order valence-electron chi connectivity index (χ4n) is 3.07. The van der Waals surface area contributed by atoms with E-state index in [1.54, 1.807) is 48.5 Å². The van der Waals surface area contributed by atoms with Crippen LogP contribution >= 0.6 is 0 Å². The molecule has 1 unspecified atom stereocenters. The van der Waals surface area contributed by atoms with Gasteiger partial charge in [-0.2, -0.15) is 0 Å². The van der Waals surface area contributed by atoms with Crippen molar-refractivity contribution in [2.45, 2.75) is 37.8 Å². The molecule has 2 aromatic carbocycles. The molecule has 2 aliphatic rings. The summed E-state index contributed by atoms with van der Waals surface area (Å²) in [5.74, 6) is 0.443. The lowest BCUT2D eigenvalue weighted by Crippen LogP contribution is -2.25. The first-order valence-corrected chi connectivity index (χ1v) is 9.74. The van der Waals surface area contributed by atoms with Crippen molar-refractivity contribution >= 4 is 17.5 Å². The molecule has 1 aliphatic heterocycles. The molecule has 28 heavy (non-hydrogen) atoms. The third kappa shape index (κ3) is 4.89. The minimum Gasteiger partial charge on any atom is -0.491 e. The predicted octanol–water partition coefficient (Wildman–Crippen LogP) is 3.39. The van der Waals surface area contributed by atoms with Gasteiger partial charge in [0, 0.05) is 29.5 Å². The number of rotatable bonds is 7. The topological polar surface area (TPSA) is 76.7 Å². The summed E-state index contributed by atoms with van der Waals surface area (Å²) in [4.78, 5) is 24.4. The largest absolute Gasteiger partial charge is 0.491 e. The molecule has 6 nitrogen and oxygen atoms in total. The molecular weight excluding hydrogens is 356 g/mol. The maximum atomic E-state index is 12.4. The quantitative estimate of drug-likeness (QED) is 0.772. The SMILES string of the molecule is O=C(Nc1ccc(C(=O)NC2CC2)cc1)c1ccc(OCC2CCCO2)cc1. The Bertz CT molecular complexity index is 823. The number of hydrogen-bond donors (Lipinski definition) is 2. The summed E-state index contributed by atoms with van der Waals surface area (Å²) < 4.78 is 11.2. The number of hydrogen-bond acceptors (Lipinski definition) is 4. The van der Waals surface area contributed by atoms with Crippen LogP contribution in [-0.2, 0) is 4.74 Å². The summed E-state index contributed by atoms with van der Waals surface area (Å²) >= 11 is 0. The van der Waals surface area contributed by atoms with E-state index in [0.29, 0.717) is 29.5 Å². The Labute approximate surface area is 164 Å². The zero-order chi connectivity index (χ0) is 19.3. The molecular formula is C22H24N2O4. The average molecular weight is 380 g/mol. The van der Waals surface area contributed by atoms with E-state index in [2.05, 4.69) is 10.6 Å². The van der Waals surface area contributed by atoms with Gasteiger partial charge < -0.3 is 20.1 Å². The van der Waals surface area contributed by atoms with E-state index < -0.39 is 0 Å². The molecule has 0 radical (unpaired) electrons. The van der Waals surface area contributed by atoms with Crippen LogP contribution in [-0.4, -0.2) is 37.2 Å². The summed E-state index contributed by atoms with van der Waals surface area (Å²) in [7, 11) is 0. The molecule has 0 aromatic heterocycles. The van der Waals surface area contributed by atoms with Crippen molar-refractivity contribution in [2.75, 3.05) is 18.5 Å². The van der Waals surface area contributed by atoms with Crippen LogP contribution in [0.5, 0.6) is 5.75 Å². The lowest BCUT2D eigenvalue weighted by Gasteiger charge is -2.12. The van der Waals surface area contributed by atoms with Gasteiger partial charge in [0.05, 0.1) is 6.10 Å². The standard InChI is InChI=1S/C22H24N2O4/c25-21(24-18-9-10-18)15-3-7-17(8-4-15)23-22(26)16-5-11-19(12-6-16)28-14-20-2-1-13-27-20/h3-8,11-12,18,20H,1-2,9-10,13-14H2,(H,23,26)(H,24,25). The lowest BCUT2D eigenvalue weighted by atomic mass is 10.1. The summed E-state index contributed by atoms with van der Waals surface area (Å²) in [6.07, 6.45) is 4.38. The Morgan fingerprint density at radius 1 is 0.929 bits per heavy atom. The Morgan fingerprint density at radius 2 is 1.61 bits per heavy atom. The summed E-state index contributed by atoms with van der Waals surface area (Å²) in [5.41, 5.74) is 1.78. The van der Waals surface area contributed by atoms with E-state index in [0.717, 1.165) is 38.0 Å². The zero-order valence-corrected chi connectivity index (χ0v) is 15.6. The molecule has 0 spiro atoms. The van der Waals surface area contributed by atoms with Gasteiger partial charge in [-0.05, 0) is 74.2 Å². The first-order chi connectivity index (χ1) is 13.7. The van der Waals surface area contributed by atoms with Gasteiger partial charge in [0.1, 0.15) is 12.4 Å². The number of nitrogens with one attached hydrogen (secondary N) is 2. The third-order valence-electron chi connectivity index (χ3n) is 4.89. The molecule has 0 bridgehead atoms. The van der Waals surface area contributed by atoms with Crippen molar-refractivity contribution in [3.8, 4) is 5.75 Å². The third-order valence-corrected chi connectivity index (χ3v) is 4.89. The molecule has 2 fully saturated rings. The van der Waals surface area contributed by atoms with E-state index in [-0.39, 0.29) is 17.9 Å². The van der Waals surface area contributed by atoms with Crippen molar-refractivity contribution in [1.29, 1.82) is 0 Å². The summed E-state index contributed by atoms with van der Waals surface area (Å²) in [5, 5.41) is 5.79. The van der Waals surface area contributed by atoms with Gasteiger partial charge in [-0.25, -0.2) is 0 Å². The number of ether oxygens (including phenoxy) is 2. The smallest absolute Gasteiger partial charge is 0.255 e. The first-order valence-electron chi connectivity index (χ1n) is 9.74. The fourth-order valence-corrected chi connectivity index (χ4v) is 3.07. The second-order valence-electron chi connectivity index (χ2n) is 7.25. The molecule has 1 aliphatic carbocycles. The minimum absolute atomic E-state index is 0.0704. The average Bonchev–Trinajstić information content (AvgIpc) is 3.37. The highest BCUT2D eigenvalue weighted by atomic mass is 16.5. The highest BCUT2D eigenvalue weighted by Gasteiger charge is 2.23. The molecule has 4 rings (SSSR count). The number of carbonyl (C=O) groups is 2. The van der Waals surface area contributed by atoms with Gasteiger partial charge >= 0.3 is 0 Å². The maximum absolute atomic E-state index is 12.4. The monoisotopic (exact) mass is 380 g/mol.